The molecule has 1 heterocycles. The Morgan fingerprint density at radius 2 is 2.21 bits per heavy atom. The molecule has 0 saturated carbocycles. The summed E-state index contributed by atoms with van der Waals surface area (Å²) in [6.45, 7) is 5.04. The number of carbonyl (C=O) groups is 1. The maximum absolute atomic E-state index is 12.1. The maximum Gasteiger partial charge on any atom is 0.270 e. The first-order valence-corrected chi connectivity index (χ1v) is 8.11. The highest BCUT2D eigenvalue weighted by atomic mass is 32.2. The molecule has 0 aromatic carbocycles. The van der Waals surface area contributed by atoms with Crippen molar-refractivity contribution in [3.05, 3.63) is 23.9 Å². The molecule has 0 fully saturated rings. The Balaban J connectivity index is 2.65. The van der Waals surface area contributed by atoms with Crippen LogP contribution in [0.4, 0.5) is 5.82 Å². The predicted molar refractivity (Wildman–Crippen MR) is 82.9 cm³/mol. The first kappa shape index (κ1) is 15.8. The van der Waals surface area contributed by atoms with E-state index in [1.165, 1.54) is 0 Å². The van der Waals surface area contributed by atoms with Crippen molar-refractivity contribution in [2.24, 2.45) is 0 Å². The summed E-state index contributed by atoms with van der Waals surface area (Å²) in [5.41, 5.74) is 0.473. The molecule has 1 atom stereocenters. The Hall–Kier alpha value is -1.23. The summed E-state index contributed by atoms with van der Waals surface area (Å²) in [6, 6.07) is 5.69. The molecule has 0 spiro atoms. The van der Waals surface area contributed by atoms with Crippen molar-refractivity contribution in [3.8, 4) is 0 Å². The van der Waals surface area contributed by atoms with Crippen LogP contribution in [0.1, 0.15) is 37.2 Å². The average Bonchev–Trinajstić information content (AvgIpc) is 2.44. The molecule has 2 N–H and O–H groups in total. The topological polar surface area (TPSA) is 54.0 Å². The van der Waals surface area contributed by atoms with Gasteiger partial charge in [-0.15, -0.1) is 0 Å². The highest BCUT2D eigenvalue weighted by Gasteiger charge is 2.13. The number of aromatic nitrogens is 1. The number of carbonyl (C=O) groups excluding carboxylic acids is 1. The molecular formula is C14H23N3OS. The molecule has 106 valence electrons. The summed E-state index contributed by atoms with van der Waals surface area (Å²) < 4.78 is 0. The molecule has 1 amide bonds. The van der Waals surface area contributed by atoms with E-state index in [2.05, 4.69) is 29.5 Å². The van der Waals surface area contributed by atoms with Gasteiger partial charge in [-0.05, 0) is 31.2 Å². The Bertz CT molecular complexity index is 398. The lowest BCUT2D eigenvalue weighted by atomic mass is 10.2. The van der Waals surface area contributed by atoms with Crippen LogP contribution in [-0.4, -0.2) is 35.5 Å². The minimum absolute atomic E-state index is 0.0963. The Morgan fingerprint density at radius 3 is 2.84 bits per heavy atom. The number of hydrogen-bond donors (Lipinski definition) is 2. The lowest BCUT2D eigenvalue weighted by Crippen LogP contribution is -2.36. The number of nitrogens with zero attached hydrogens (tertiary/aromatic N) is 1. The van der Waals surface area contributed by atoms with Crippen molar-refractivity contribution in [1.82, 2.24) is 10.3 Å². The minimum atomic E-state index is -0.0963. The van der Waals surface area contributed by atoms with E-state index in [-0.39, 0.29) is 11.9 Å². The quantitative estimate of drug-likeness (QED) is 0.769. The zero-order chi connectivity index (χ0) is 14.1. The third-order valence-electron chi connectivity index (χ3n) is 2.73. The van der Waals surface area contributed by atoms with Crippen LogP contribution in [0.3, 0.4) is 0 Å². The summed E-state index contributed by atoms with van der Waals surface area (Å²) in [7, 11) is 0. The van der Waals surface area contributed by atoms with Gasteiger partial charge in [0.15, 0.2) is 0 Å². The van der Waals surface area contributed by atoms with Gasteiger partial charge in [0.1, 0.15) is 11.5 Å². The first-order chi connectivity index (χ1) is 9.21. The van der Waals surface area contributed by atoms with E-state index in [1.807, 2.05) is 18.4 Å². The fraction of sp³-hybridized carbons (Fsp3) is 0.571. The van der Waals surface area contributed by atoms with Gasteiger partial charge in [-0.25, -0.2) is 4.98 Å². The SMILES string of the molecule is CCCNc1cccc(C(=O)NC(CC)CSC)n1. The van der Waals surface area contributed by atoms with Crippen LogP contribution in [0, 0.1) is 0 Å². The second-order valence-corrected chi connectivity index (χ2v) is 5.28. The van der Waals surface area contributed by atoms with Crippen molar-refractivity contribution in [2.75, 3.05) is 23.9 Å². The molecule has 19 heavy (non-hydrogen) atoms. The Kier molecular flexibility index (Phi) is 7.33. The number of amides is 1. The first-order valence-electron chi connectivity index (χ1n) is 6.72. The summed E-state index contributed by atoms with van der Waals surface area (Å²) in [6.07, 6.45) is 4.01. The standard InChI is InChI=1S/C14H23N3OS/c1-4-9-15-13-8-6-7-12(17-13)14(18)16-11(5-2)10-19-3/h6-8,11H,4-5,9-10H2,1-3H3,(H,15,17)(H,16,18). The Labute approximate surface area is 119 Å². The van der Waals surface area contributed by atoms with Crippen LogP contribution in [0.25, 0.3) is 0 Å². The summed E-state index contributed by atoms with van der Waals surface area (Å²) in [5.74, 6) is 1.59. The van der Waals surface area contributed by atoms with Gasteiger partial charge in [-0.3, -0.25) is 4.79 Å². The molecule has 1 aromatic heterocycles. The zero-order valence-electron chi connectivity index (χ0n) is 11.9. The third kappa shape index (κ3) is 5.51. The molecule has 0 aliphatic rings. The van der Waals surface area contributed by atoms with Crippen LogP contribution < -0.4 is 10.6 Å². The van der Waals surface area contributed by atoms with E-state index >= 15 is 0 Å². The third-order valence-corrected chi connectivity index (χ3v) is 3.47. The van der Waals surface area contributed by atoms with E-state index in [0.717, 1.165) is 31.0 Å². The van der Waals surface area contributed by atoms with E-state index < -0.39 is 0 Å². The van der Waals surface area contributed by atoms with Gasteiger partial charge >= 0.3 is 0 Å². The fourth-order valence-electron chi connectivity index (χ4n) is 1.63. The largest absolute Gasteiger partial charge is 0.370 e. The highest BCUT2D eigenvalue weighted by molar-refractivity contribution is 7.98. The lowest BCUT2D eigenvalue weighted by Gasteiger charge is -2.15. The molecule has 0 bridgehead atoms. The number of nitrogens with one attached hydrogen (secondary N) is 2. The minimum Gasteiger partial charge on any atom is -0.370 e. The predicted octanol–water partition coefficient (Wildman–Crippen LogP) is 2.77. The summed E-state index contributed by atoms with van der Waals surface area (Å²) >= 11 is 1.74. The number of anilines is 1. The van der Waals surface area contributed by atoms with Gasteiger partial charge < -0.3 is 10.6 Å². The van der Waals surface area contributed by atoms with Crippen LogP contribution in [0.2, 0.25) is 0 Å². The monoisotopic (exact) mass is 281 g/mol. The number of pyridine rings is 1. The van der Waals surface area contributed by atoms with E-state index in [4.69, 9.17) is 0 Å². The van der Waals surface area contributed by atoms with Crippen molar-refractivity contribution >= 4 is 23.5 Å². The molecule has 0 radical (unpaired) electrons. The van der Waals surface area contributed by atoms with Gasteiger partial charge in [-0.1, -0.05) is 19.9 Å². The van der Waals surface area contributed by atoms with E-state index in [1.54, 1.807) is 17.8 Å². The van der Waals surface area contributed by atoms with E-state index in [9.17, 15) is 4.79 Å². The lowest BCUT2D eigenvalue weighted by molar-refractivity contribution is 0.0935. The average molecular weight is 281 g/mol. The van der Waals surface area contributed by atoms with Crippen molar-refractivity contribution in [3.63, 3.8) is 0 Å². The number of hydrogen-bond acceptors (Lipinski definition) is 4. The highest BCUT2D eigenvalue weighted by Crippen LogP contribution is 2.07. The van der Waals surface area contributed by atoms with Gasteiger partial charge in [0.05, 0.1) is 0 Å². The van der Waals surface area contributed by atoms with Crippen molar-refractivity contribution in [1.29, 1.82) is 0 Å². The maximum atomic E-state index is 12.1. The second-order valence-electron chi connectivity index (χ2n) is 4.37. The Morgan fingerprint density at radius 1 is 1.42 bits per heavy atom. The summed E-state index contributed by atoms with van der Waals surface area (Å²) in [4.78, 5) is 16.4. The smallest absolute Gasteiger partial charge is 0.270 e. The molecule has 1 unspecified atom stereocenters. The number of rotatable bonds is 8. The summed E-state index contributed by atoms with van der Waals surface area (Å²) in [5, 5.41) is 6.20. The van der Waals surface area contributed by atoms with Crippen molar-refractivity contribution in [2.45, 2.75) is 32.7 Å². The van der Waals surface area contributed by atoms with E-state index in [0.29, 0.717) is 5.69 Å². The molecule has 0 aliphatic heterocycles. The molecule has 0 aliphatic carbocycles. The molecule has 1 aromatic rings. The molecule has 4 nitrogen and oxygen atoms in total. The van der Waals surface area contributed by atoms with Gasteiger partial charge in [0, 0.05) is 18.3 Å². The normalized spacial score (nSPS) is 11.9. The molecule has 0 saturated heterocycles. The number of thioether (sulfide) groups is 1. The molecule has 1 rings (SSSR count). The van der Waals surface area contributed by atoms with Crippen LogP contribution in [-0.2, 0) is 0 Å². The van der Waals surface area contributed by atoms with Crippen LogP contribution >= 0.6 is 11.8 Å². The van der Waals surface area contributed by atoms with Gasteiger partial charge in [-0.2, -0.15) is 11.8 Å². The second kappa shape index (κ2) is 8.80. The van der Waals surface area contributed by atoms with Gasteiger partial charge in [0.2, 0.25) is 0 Å². The van der Waals surface area contributed by atoms with Crippen LogP contribution in [0.15, 0.2) is 18.2 Å². The molecular weight excluding hydrogens is 258 g/mol. The zero-order valence-corrected chi connectivity index (χ0v) is 12.7. The van der Waals surface area contributed by atoms with Crippen LogP contribution in [0.5, 0.6) is 0 Å². The van der Waals surface area contributed by atoms with Gasteiger partial charge in [0.25, 0.3) is 5.91 Å². The molecule has 5 heteroatoms. The fourth-order valence-corrected chi connectivity index (χ4v) is 2.36. The van der Waals surface area contributed by atoms with Crippen molar-refractivity contribution < 1.29 is 4.79 Å².